The molecule has 0 aliphatic heterocycles. The molecule has 0 bridgehead atoms. The minimum Gasteiger partial charge on any atom is -0.872 e. The van der Waals surface area contributed by atoms with E-state index in [1.807, 2.05) is 13.8 Å². The summed E-state index contributed by atoms with van der Waals surface area (Å²) < 4.78 is 14.7. The SMILES string of the molecule is CC(=O)[O-].CC(=O)[O-].CC(=O)[O-].CCOCC.CO.COc1cccc(/C=N/OCCO/N=C/c2ccc(/C=N/OCCO/N=C/c3cccc(OC)c3[O-])c([O-])c2[O-])c1[O-].O.[Ho+3].[Zn+2].[Zn+2]. The first kappa shape index (κ1) is 74.5. The summed E-state index contributed by atoms with van der Waals surface area (Å²) in [4.78, 5) is 46.7. The molecule has 3 rings (SSSR count). The Labute approximate surface area is 432 Å². The van der Waals surface area contributed by atoms with E-state index in [0.717, 1.165) is 53.5 Å². The first-order chi connectivity index (χ1) is 29.1. The van der Waals surface area contributed by atoms with E-state index in [9.17, 15) is 20.4 Å². The Bertz CT molecular complexity index is 1660. The van der Waals surface area contributed by atoms with Gasteiger partial charge in [0.2, 0.25) is 0 Å². The number of hydrogen-bond acceptors (Lipinski definition) is 22. The van der Waals surface area contributed by atoms with Gasteiger partial charge < -0.3 is 94.3 Å². The Morgan fingerprint density at radius 3 is 0.954 bits per heavy atom. The van der Waals surface area contributed by atoms with Gasteiger partial charge in [-0.1, -0.05) is 68.5 Å². The number of benzene rings is 3. The third kappa shape index (κ3) is 41.6. The number of oxime groups is 4. The van der Waals surface area contributed by atoms with Crippen LogP contribution < -0.4 is 45.2 Å². The van der Waals surface area contributed by atoms with Gasteiger partial charge in [0.1, 0.15) is 11.5 Å². The first-order valence-electron chi connectivity index (χ1n) is 17.4. The summed E-state index contributed by atoms with van der Waals surface area (Å²) in [6, 6.07) is 12.3. The first-order valence-corrected chi connectivity index (χ1v) is 17.4. The van der Waals surface area contributed by atoms with Crippen molar-refractivity contribution in [3.8, 4) is 34.5 Å². The molecule has 3 aromatic carbocycles. The molecular weight excluding hydrogens is 1120 g/mol. The number of carboxylic acid groups (broad SMARTS) is 3. The molecule has 3 N–H and O–H groups in total. The Morgan fingerprint density at radius 1 is 0.523 bits per heavy atom. The van der Waals surface area contributed by atoms with Crippen molar-refractivity contribution in [2.45, 2.75) is 34.6 Å². The van der Waals surface area contributed by atoms with Crippen LogP contribution in [0.1, 0.15) is 56.9 Å². The van der Waals surface area contributed by atoms with Crippen molar-refractivity contribution in [2.24, 2.45) is 20.6 Å². The van der Waals surface area contributed by atoms with E-state index in [4.69, 9.17) is 68.4 Å². The summed E-state index contributed by atoms with van der Waals surface area (Å²) in [5, 5.41) is 96.9. The van der Waals surface area contributed by atoms with E-state index in [1.165, 1.54) is 38.8 Å². The zero-order valence-corrected chi connectivity index (χ0v) is 44.9. The number of aliphatic carboxylic acids is 3. The van der Waals surface area contributed by atoms with Crippen molar-refractivity contribution in [2.75, 3.05) is 61.0 Å². The molecule has 3 aromatic rings. The number of carbonyl (C=O) groups is 3. The number of methoxy groups -OCH3 is 2. The van der Waals surface area contributed by atoms with E-state index in [0.29, 0.717) is 11.1 Å². The summed E-state index contributed by atoms with van der Waals surface area (Å²) in [5.41, 5.74) is 0.624. The van der Waals surface area contributed by atoms with Gasteiger partial charge in [-0.2, -0.15) is 0 Å². The summed E-state index contributed by atoms with van der Waals surface area (Å²) >= 11 is 0. The normalized spacial score (nSPS) is 9.31. The zero-order valence-electron chi connectivity index (χ0n) is 37.1. The fraction of sp³-hybridized carbons (Fsp3) is 0.359. The number of aliphatic hydroxyl groups excluding tert-OH is 1. The van der Waals surface area contributed by atoms with Crippen molar-refractivity contribution in [1.82, 2.24) is 0 Å². The van der Waals surface area contributed by atoms with Crippen molar-refractivity contribution < 1.29 is 171 Å². The molecule has 0 amide bonds. The molecule has 23 nitrogen and oxygen atoms in total. The number of carboxylic acids is 3. The van der Waals surface area contributed by atoms with Crippen molar-refractivity contribution in [3.63, 3.8) is 0 Å². The monoisotopic (exact) mass is 1170 g/mol. The maximum Gasteiger partial charge on any atom is 3.00 e. The molecule has 0 aromatic heterocycles. The Hall–Kier alpha value is -4.86. The van der Waals surface area contributed by atoms with Crippen molar-refractivity contribution in [3.05, 3.63) is 70.8 Å². The van der Waals surface area contributed by atoms with Gasteiger partial charge in [0.15, 0.2) is 26.4 Å². The van der Waals surface area contributed by atoms with Crippen LogP contribution in [0.25, 0.3) is 0 Å². The minimum absolute atomic E-state index is 0. The van der Waals surface area contributed by atoms with E-state index in [2.05, 4.69) is 20.6 Å². The largest absolute Gasteiger partial charge is 3.00 e. The average molecular weight is 1180 g/mol. The van der Waals surface area contributed by atoms with E-state index in [-0.39, 0.29) is 143 Å². The second kappa shape index (κ2) is 50.1. The Balaban J connectivity index is -0.000000249. The van der Waals surface area contributed by atoms with Gasteiger partial charge in [0, 0.05) is 38.2 Å². The summed E-state index contributed by atoms with van der Waals surface area (Å²) in [6.45, 7) is 8.59. The fourth-order valence-corrected chi connectivity index (χ4v) is 3.33. The van der Waals surface area contributed by atoms with Gasteiger partial charge in [-0.15, -0.1) is 11.5 Å². The quantitative estimate of drug-likeness (QED) is 0.0570. The van der Waals surface area contributed by atoms with Gasteiger partial charge in [-0.25, -0.2) is 0 Å². The molecule has 0 aliphatic rings. The van der Waals surface area contributed by atoms with Crippen LogP contribution in [0.15, 0.2) is 69.2 Å². The van der Waals surface area contributed by atoms with Gasteiger partial charge in [-0.3, -0.25) is 0 Å². The van der Waals surface area contributed by atoms with Crippen LogP contribution in [0.5, 0.6) is 34.5 Å². The van der Waals surface area contributed by atoms with Crippen molar-refractivity contribution >= 4 is 42.8 Å². The number of hydrogen-bond donors (Lipinski definition) is 1. The third-order valence-electron chi connectivity index (χ3n) is 5.64. The average Bonchev–Trinajstić information content (AvgIpc) is 3.21. The molecule has 0 radical (unpaired) electrons. The molecule has 0 spiro atoms. The molecular formula is C39H51HoN4O19Zn2. The second-order valence-electron chi connectivity index (χ2n) is 10.2. The van der Waals surface area contributed by atoms with Crippen molar-refractivity contribution in [1.29, 1.82) is 0 Å². The van der Waals surface area contributed by atoms with Crippen LogP contribution >= 0.6 is 0 Å². The molecule has 356 valence electrons. The van der Waals surface area contributed by atoms with E-state index < -0.39 is 29.4 Å². The van der Waals surface area contributed by atoms with Crippen LogP contribution in [0, 0.1) is 37.7 Å². The number of para-hydroxylation sites is 2. The summed E-state index contributed by atoms with van der Waals surface area (Å²) in [7, 11) is 3.79. The molecule has 0 aliphatic carbocycles. The number of nitrogens with zero attached hydrogens (tertiary/aromatic N) is 4. The fourth-order valence-electron chi connectivity index (χ4n) is 3.33. The van der Waals surface area contributed by atoms with Crippen LogP contribution in [0.2, 0.25) is 0 Å². The molecule has 0 unspecified atom stereocenters. The van der Waals surface area contributed by atoms with Gasteiger partial charge in [-0.05, 0) is 69.0 Å². The molecule has 0 saturated carbocycles. The predicted molar refractivity (Wildman–Crippen MR) is 210 cm³/mol. The molecule has 0 atom stereocenters. The smallest absolute Gasteiger partial charge is 0.872 e. The number of carbonyl (C=O) groups excluding carboxylic acids is 3. The molecule has 65 heavy (non-hydrogen) atoms. The molecule has 0 saturated heterocycles. The summed E-state index contributed by atoms with van der Waals surface area (Å²) in [5.74, 6) is -5.09. The molecule has 0 fully saturated rings. The van der Waals surface area contributed by atoms with Crippen LogP contribution in [0.3, 0.4) is 0 Å². The molecule has 0 heterocycles. The Kier molecular flexibility index (Phi) is 57.5. The standard InChI is InChI=1S/C28H30N4O10.C4H10O.3C2H4O2.CH4O.Ho.H2O.2Zn/c1-37-23-7-3-5-19(25(23)33)15-29-39-11-13-41-31-17-21-9-10-22(28(36)27(21)35)18-32-42-14-12-40-30-16-20-6-4-8-24(38-2)26(20)34;1-3-5-4-2;3*1-2(3)4;1-2;;;;/h3-10,15-18,33-36H,11-14H2,1-2H3;3-4H2,1-2H3;3*1H3,(H,3,4);2H,1H3;;1H2;;/q;;;;;;+3;;2*+2/p-7/b29-15+,30-16+,31-17+,32-18+;;;;;;;;;. The topological polar surface area (TPSA) is 378 Å². The second-order valence-corrected chi connectivity index (χ2v) is 10.2. The summed E-state index contributed by atoms with van der Waals surface area (Å²) in [6.07, 6.45) is 4.71. The Morgan fingerprint density at radius 2 is 0.754 bits per heavy atom. The van der Waals surface area contributed by atoms with Gasteiger partial charge in [0.25, 0.3) is 0 Å². The van der Waals surface area contributed by atoms with Gasteiger partial charge >= 0.3 is 76.7 Å². The van der Waals surface area contributed by atoms with Crippen LogP contribution in [-0.4, -0.2) is 114 Å². The third-order valence-corrected chi connectivity index (χ3v) is 5.64. The predicted octanol–water partition coefficient (Wildman–Crippen LogP) is -3.11. The zero-order chi connectivity index (χ0) is 47.0. The minimum atomic E-state index is -1.08. The van der Waals surface area contributed by atoms with E-state index in [1.54, 1.807) is 36.4 Å². The van der Waals surface area contributed by atoms with Crippen LogP contribution in [0.4, 0.5) is 0 Å². The van der Waals surface area contributed by atoms with Gasteiger partial charge in [0.05, 0.1) is 39.1 Å². The number of rotatable bonds is 18. The maximum absolute atomic E-state index is 12.3. The van der Waals surface area contributed by atoms with Crippen LogP contribution in [-0.2, 0) is 77.4 Å². The van der Waals surface area contributed by atoms with E-state index >= 15 is 0 Å². The maximum atomic E-state index is 12.3. The number of ether oxygens (including phenoxy) is 3. The number of aliphatic hydroxyl groups is 1. The molecule has 26 heteroatoms.